The molecule has 0 aliphatic rings. The third-order valence-corrected chi connectivity index (χ3v) is 2.95. The number of ether oxygens (including phenoxy) is 2. The van der Waals surface area contributed by atoms with Gasteiger partial charge in [-0.3, -0.25) is 10.1 Å². The molecule has 0 unspecified atom stereocenters. The number of imide groups is 1. The quantitative estimate of drug-likeness (QED) is 0.722. The summed E-state index contributed by atoms with van der Waals surface area (Å²) in [6, 6.07) is 7.42. The van der Waals surface area contributed by atoms with E-state index in [-0.39, 0.29) is 6.04 Å². The van der Waals surface area contributed by atoms with Crippen LogP contribution in [0.25, 0.3) is 0 Å². The fraction of sp³-hybridized carbons (Fsp3) is 0.375. The molecule has 1 aromatic carbocycles. The summed E-state index contributed by atoms with van der Waals surface area (Å²) in [7, 11) is 0. The molecule has 0 heterocycles. The van der Waals surface area contributed by atoms with Crippen molar-refractivity contribution in [2.75, 3.05) is 13.2 Å². The van der Waals surface area contributed by atoms with Crippen LogP contribution >= 0.6 is 0 Å². The van der Waals surface area contributed by atoms with E-state index in [9.17, 15) is 14.4 Å². The Bertz CT molecular complexity index is 622. The molecule has 1 atom stereocenters. The second kappa shape index (κ2) is 9.84. The Morgan fingerprint density at radius 3 is 2.46 bits per heavy atom. The highest BCUT2D eigenvalue weighted by Crippen LogP contribution is 2.11. The number of benzene rings is 1. The highest BCUT2D eigenvalue weighted by atomic mass is 16.6. The average Bonchev–Trinajstić information content (AvgIpc) is 2.58. The van der Waals surface area contributed by atoms with Gasteiger partial charge in [0.15, 0.2) is 13.2 Å². The molecule has 128 valence electrons. The lowest BCUT2D eigenvalue weighted by atomic mass is 10.2. The lowest BCUT2D eigenvalue weighted by molar-refractivity contribution is -0.150. The van der Waals surface area contributed by atoms with Crippen LogP contribution in [0, 0.1) is 11.3 Å². The maximum absolute atomic E-state index is 11.5. The van der Waals surface area contributed by atoms with Crippen LogP contribution in [-0.2, 0) is 14.3 Å². The molecule has 1 rings (SSSR count). The van der Waals surface area contributed by atoms with Crippen LogP contribution in [0.1, 0.15) is 25.8 Å². The Morgan fingerprint density at radius 2 is 1.88 bits per heavy atom. The van der Waals surface area contributed by atoms with Crippen molar-refractivity contribution in [3.05, 3.63) is 29.8 Å². The summed E-state index contributed by atoms with van der Waals surface area (Å²) in [5, 5.41) is 13.3. The van der Waals surface area contributed by atoms with E-state index in [1.165, 1.54) is 12.1 Å². The molecule has 3 amide bonds. The number of carbonyl (C=O) groups is 3. The van der Waals surface area contributed by atoms with Crippen molar-refractivity contribution in [3.63, 3.8) is 0 Å². The highest BCUT2D eigenvalue weighted by Gasteiger charge is 2.12. The molecule has 0 fully saturated rings. The van der Waals surface area contributed by atoms with Crippen molar-refractivity contribution in [2.45, 2.75) is 26.3 Å². The molecule has 2 N–H and O–H groups in total. The number of carbonyl (C=O) groups excluding carboxylic acids is 3. The number of hydrogen-bond acceptors (Lipinski definition) is 6. The summed E-state index contributed by atoms with van der Waals surface area (Å²) in [4.78, 5) is 34.3. The Balaban J connectivity index is 2.26. The molecule has 0 radical (unpaired) electrons. The van der Waals surface area contributed by atoms with Crippen molar-refractivity contribution in [1.82, 2.24) is 10.6 Å². The van der Waals surface area contributed by atoms with Crippen LogP contribution in [0.15, 0.2) is 24.3 Å². The molecule has 0 saturated carbocycles. The largest absolute Gasteiger partial charge is 0.482 e. The standard InChI is InChI=1S/C16H19N3O5/c1-3-11(2)18-16(22)19-14(20)9-24-15(21)10-23-13-6-4-12(8-17)5-7-13/h4-7,11H,3,9-10H2,1-2H3,(H2,18,19,20,22)/t11-/m1/s1. The van der Waals surface area contributed by atoms with Crippen LogP contribution in [0.2, 0.25) is 0 Å². The Morgan fingerprint density at radius 1 is 1.21 bits per heavy atom. The monoisotopic (exact) mass is 333 g/mol. The number of esters is 1. The van der Waals surface area contributed by atoms with Crippen LogP contribution in [0.4, 0.5) is 4.79 Å². The van der Waals surface area contributed by atoms with E-state index in [1.807, 2.05) is 18.3 Å². The lowest BCUT2D eigenvalue weighted by Gasteiger charge is -2.12. The van der Waals surface area contributed by atoms with Gasteiger partial charge in [-0.05, 0) is 37.6 Å². The molecule has 0 aliphatic carbocycles. The molecule has 8 heteroatoms. The van der Waals surface area contributed by atoms with Crippen molar-refractivity contribution in [3.8, 4) is 11.8 Å². The van der Waals surface area contributed by atoms with Gasteiger partial charge in [-0.25, -0.2) is 9.59 Å². The molecule has 0 spiro atoms. The zero-order valence-corrected chi connectivity index (χ0v) is 13.5. The van der Waals surface area contributed by atoms with Gasteiger partial charge in [-0.1, -0.05) is 6.92 Å². The molecule has 8 nitrogen and oxygen atoms in total. The molecule has 0 aliphatic heterocycles. The molecule has 0 saturated heterocycles. The zero-order valence-electron chi connectivity index (χ0n) is 13.5. The Kier molecular flexibility index (Phi) is 7.78. The Hall–Kier alpha value is -3.08. The summed E-state index contributed by atoms with van der Waals surface area (Å²) in [6.45, 7) is 2.72. The minimum Gasteiger partial charge on any atom is -0.482 e. The minimum absolute atomic E-state index is 0.0684. The first-order chi connectivity index (χ1) is 11.4. The predicted molar refractivity (Wildman–Crippen MR) is 84.0 cm³/mol. The Labute approximate surface area is 139 Å². The third-order valence-electron chi connectivity index (χ3n) is 2.95. The van der Waals surface area contributed by atoms with Gasteiger partial charge < -0.3 is 14.8 Å². The van der Waals surface area contributed by atoms with E-state index in [1.54, 1.807) is 19.1 Å². The van der Waals surface area contributed by atoms with Crippen LogP contribution in [0.5, 0.6) is 5.75 Å². The maximum atomic E-state index is 11.5. The van der Waals surface area contributed by atoms with Gasteiger partial charge in [0, 0.05) is 6.04 Å². The molecule has 1 aromatic rings. The molecule has 0 aromatic heterocycles. The number of nitrogens with zero attached hydrogens (tertiary/aromatic N) is 1. The maximum Gasteiger partial charge on any atom is 0.344 e. The summed E-state index contributed by atoms with van der Waals surface area (Å²) < 4.78 is 9.85. The average molecular weight is 333 g/mol. The third kappa shape index (κ3) is 7.26. The number of rotatable bonds is 7. The molecular formula is C16H19N3O5. The second-order valence-corrected chi connectivity index (χ2v) is 4.92. The van der Waals surface area contributed by atoms with Crippen molar-refractivity contribution >= 4 is 17.9 Å². The van der Waals surface area contributed by atoms with Crippen molar-refractivity contribution in [1.29, 1.82) is 5.26 Å². The first-order valence-electron chi connectivity index (χ1n) is 7.33. The SMILES string of the molecule is CC[C@@H](C)NC(=O)NC(=O)COC(=O)COc1ccc(C#N)cc1. The first kappa shape index (κ1) is 19.0. The highest BCUT2D eigenvalue weighted by molar-refractivity contribution is 5.95. The topological polar surface area (TPSA) is 118 Å². The summed E-state index contributed by atoms with van der Waals surface area (Å²) in [5.74, 6) is -1.09. The number of urea groups is 1. The van der Waals surface area contributed by atoms with Crippen molar-refractivity contribution in [2.24, 2.45) is 0 Å². The van der Waals surface area contributed by atoms with Crippen LogP contribution in [-0.4, -0.2) is 37.2 Å². The van der Waals surface area contributed by atoms with E-state index < -0.39 is 31.1 Å². The van der Waals surface area contributed by atoms with E-state index in [2.05, 4.69) is 5.32 Å². The molecule has 0 bridgehead atoms. The minimum atomic E-state index is -0.753. The number of nitrogens with one attached hydrogen (secondary N) is 2. The number of amides is 3. The van der Waals surface area contributed by atoms with Crippen LogP contribution in [0.3, 0.4) is 0 Å². The number of hydrogen-bond donors (Lipinski definition) is 2. The van der Waals surface area contributed by atoms with E-state index in [0.717, 1.165) is 6.42 Å². The summed E-state index contributed by atoms with van der Waals surface area (Å²) >= 11 is 0. The first-order valence-corrected chi connectivity index (χ1v) is 7.33. The van der Waals surface area contributed by atoms with Crippen LogP contribution < -0.4 is 15.4 Å². The van der Waals surface area contributed by atoms with Gasteiger partial charge in [-0.2, -0.15) is 5.26 Å². The van der Waals surface area contributed by atoms with Gasteiger partial charge >= 0.3 is 12.0 Å². The fourth-order valence-electron chi connectivity index (χ4n) is 1.48. The van der Waals surface area contributed by atoms with Gasteiger partial charge in [0.05, 0.1) is 11.6 Å². The summed E-state index contributed by atoms with van der Waals surface area (Å²) in [6.07, 6.45) is 0.725. The lowest BCUT2D eigenvalue weighted by Crippen LogP contribution is -2.44. The van der Waals surface area contributed by atoms with E-state index >= 15 is 0 Å². The van der Waals surface area contributed by atoms with Gasteiger partial charge in [0.2, 0.25) is 0 Å². The van der Waals surface area contributed by atoms with Crippen molar-refractivity contribution < 1.29 is 23.9 Å². The smallest absolute Gasteiger partial charge is 0.344 e. The normalized spacial score (nSPS) is 10.9. The number of nitriles is 1. The molecule has 24 heavy (non-hydrogen) atoms. The summed E-state index contributed by atoms with van der Waals surface area (Å²) in [5.41, 5.74) is 0.470. The van der Waals surface area contributed by atoms with Gasteiger partial charge in [0.25, 0.3) is 5.91 Å². The van der Waals surface area contributed by atoms with E-state index in [0.29, 0.717) is 11.3 Å². The second-order valence-electron chi connectivity index (χ2n) is 4.92. The van der Waals surface area contributed by atoms with Gasteiger partial charge in [0.1, 0.15) is 5.75 Å². The van der Waals surface area contributed by atoms with Gasteiger partial charge in [-0.15, -0.1) is 0 Å². The fourth-order valence-corrected chi connectivity index (χ4v) is 1.48. The zero-order chi connectivity index (χ0) is 17.9. The predicted octanol–water partition coefficient (Wildman–Crippen LogP) is 1.10. The molecular weight excluding hydrogens is 314 g/mol. The van der Waals surface area contributed by atoms with E-state index in [4.69, 9.17) is 14.7 Å².